The van der Waals surface area contributed by atoms with Crippen molar-refractivity contribution in [3.63, 3.8) is 0 Å². The molecule has 0 aromatic carbocycles. The molecule has 0 bridgehead atoms. The first-order valence-electron chi connectivity index (χ1n) is 5.69. The summed E-state index contributed by atoms with van der Waals surface area (Å²) in [6.45, 7) is 4.12. The van der Waals surface area contributed by atoms with E-state index < -0.39 is 12.7 Å². The second-order valence-electron chi connectivity index (χ2n) is 4.26. The van der Waals surface area contributed by atoms with Gasteiger partial charge < -0.3 is 10.6 Å². The Morgan fingerprint density at radius 3 is 2.39 bits per heavy atom. The van der Waals surface area contributed by atoms with E-state index in [1.54, 1.807) is 13.8 Å². The molecule has 1 aromatic rings. The average Bonchev–Trinajstić information content (AvgIpc) is 2.23. The van der Waals surface area contributed by atoms with Crippen LogP contribution in [-0.2, 0) is 6.42 Å². The van der Waals surface area contributed by atoms with E-state index in [0.29, 0.717) is 12.2 Å². The zero-order valence-corrected chi connectivity index (χ0v) is 10.6. The van der Waals surface area contributed by atoms with Gasteiger partial charge in [0.25, 0.3) is 0 Å². The quantitative estimate of drug-likeness (QED) is 0.905. The number of alkyl halides is 3. The molecule has 0 aliphatic heterocycles. The van der Waals surface area contributed by atoms with Crippen molar-refractivity contribution in [2.45, 2.75) is 39.4 Å². The lowest BCUT2D eigenvalue weighted by Crippen LogP contribution is -2.39. The summed E-state index contributed by atoms with van der Waals surface area (Å²) in [7, 11) is 0. The molecule has 7 heteroatoms. The van der Waals surface area contributed by atoms with E-state index in [9.17, 15) is 13.2 Å². The van der Waals surface area contributed by atoms with Crippen LogP contribution < -0.4 is 10.6 Å². The molecular weight excluding hydrogens is 245 g/mol. The number of nitrogens with two attached hydrogens (primary N) is 1. The summed E-state index contributed by atoms with van der Waals surface area (Å²) in [5.41, 5.74) is 5.58. The van der Waals surface area contributed by atoms with Crippen LogP contribution in [0.5, 0.6) is 0 Å². The lowest BCUT2D eigenvalue weighted by Gasteiger charge is -2.29. The van der Waals surface area contributed by atoms with Gasteiger partial charge in [-0.15, -0.1) is 0 Å². The maximum Gasteiger partial charge on any atom is 0.405 e. The Labute approximate surface area is 104 Å². The van der Waals surface area contributed by atoms with Crippen molar-refractivity contribution in [3.05, 3.63) is 11.9 Å². The Bertz CT molecular complexity index is 404. The van der Waals surface area contributed by atoms with Crippen molar-refractivity contribution < 1.29 is 13.2 Å². The SMILES string of the molecule is CCc1nc(N)cc(N(CC(F)(F)F)C(C)C)n1. The summed E-state index contributed by atoms with van der Waals surface area (Å²) < 4.78 is 37.6. The van der Waals surface area contributed by atoms with Gasteiger partial charge in [-0.05, 0) is 13.8 Å². The molecule has 0 radical (unpaired) electrons. The minimum atomic E-state index is -4.28. The zero-order chi connectivity index (χ0) is 13.9. The predicted octanol–water partition coefficient (Wildman–Crippen LogP) is 2.40. The van der Waals surface area contributed by atoms with Crippen LogP contribution in [-0.4, -0.2) is 28.7 Å². The van der Waals surface area contributed by atoms with E-state index in [-0.39, 0.29) is 17.7 Å². The lowest BCUT2D eigenvalue weighted by atomic mass is 10.3. The second kappa shape index (κ2) is 5.41. The first-order valence-corrected chi connectivity index (χ1v) is 5.69. The van der Waals surface area contributed by atoms with Crippen LogP contribution in [0.4, 0.5) is 24.8 Å². The standard InChI is InChI=1S/C11H17F3N4/c1-4-9-16-8(15)5-10(17-9)18(7(2)3)6-11(12,13)14/h5,7H,4,6H2,1-3H3,(H2,15,16,17). The fourth-order valence-electron chi connectivity index (χ4n) is 1.53. The number of hydrogen-bond acceptors (Lipinski definition) is 4. The highest BCUT2D eigenvalue weighted by Gasteiger charge is 2.32. The molecule has 18 heavy (non-hydrogen) atoms. The number of halogens is 3. The Hall–Kier alpha value is -1.53. The van der Waals surface area contributed by atoms with Crippen molar-refractivity contribution in [2.75, 3.05) is 17.2 Å². The molecule has 102 valence electrons. The van der Waals surface area contributed by atoms with Crippen LogP contribution in [0.25, 0.3) is 0 Å². The highest BCUT2D eigenvalue weighted by molar-refractivity contribution is 5.47. The first kappa shape index (κ1) is 14.5. The molecule has 0 saturated heterocycles. The summed E-state index contributed by atoms with van der Waals surface area (Å²) in [6, 6.07) is 1.04. The average molecular weight is 262 g/mol. The third-order valence-electron chi connectivity index (χ3n) is 2.36. The molecule has 0 aliphatic rings. The van der Waals surface area contributed by atoms with E-state index >= 15 is 0 Å². The number of nitrogen functional groups attached to an aromatic ring is 1. The second-order valence-corrected chi connectivity index (χ2v) is 4.26. The third kappa shape index (κ3) is 4.05. The molecule has 4 nitrogen and oxygen atoms in total. The molecule has 2 N–H and O–H groups in total. The molecular formula is C11H17F3N4. The van der Waals surface area contributed by atoms with E-state index in [0.717, 1.165) is 4.90 Å². The summed E-state index contributed by atoms with van der Waals surface area (Å²) in [5.74, 6) is 0.842. The highest BCUT2D eigenvalue weighted by Crippen LogP contribution is 2.23. The van der Waals surface area contributed by atoms with Gasteiger partial charge in [0.05, 0.1) is 0 Å². The van der Waals surface area contributed by atoms with Crippen molar-refractivity contribution in [1.82, 2.24) is 9.97 Å². The molecule has 0 amide bonds. The maximum atomic E-state index is 12.5. The van der Waals surface area contributed by atoms with Gasteiger partial charge in [-0.3, -0.25) is 0 Å². The molecule has 0 saturated carbocycles. The fourth-order valence-corrected chi connectivity index (χ4v) is 1.53. The summed E-state index contributed by atoms with van der Waals surface area (Å²) >= 11 is 0. The number of anilines is 2. The Morgan fingerprint density at radius 1 is 1.33 bits per heavy atom. The van der Waals surface area contributed by atoms with Crippen LogP contribution in [0.2, 0.25) is 0 Å². The topological polar surface area (TPSA) is 55.0 Å². The summed E-state index contributed by atoms with van der Waals surface area (Å²) in [6.07, 6.45) is -3.76. The van der Waals surface area contributed by atoms with Crippen molar-refractivity contribution in [2.24, 2.45) is 0 Å². The molecule has 0 unspecified atom stereocenters. The Kier molecular flexibility index (Phi) is 4.37. The zero-order valence-electron chi connectivity index (χ0n) is 10.6. The summed E-state index contributed by atoms with van der Waals surface area (Å²) in [4.78, 5) is 9.21. The minimum Gasteiger partial charge on any atom is -0.384 e. The third-order valence-corrected chi connectivity index (χ3v) is 2.36. The minimum absolute atomic E-state index is 0.185. The number of rotatable bonds is 4. The normalized spacial score (nSPS) is 11.9. The monoisotopic (exact) mass is 262 g/mol. The number of hydrogen-bond donors (Lipinski definition) is 1. The lowest BCUT2D eigenvalue weighted by molar-refractivity contribution is -0.120. The van der Waals surface area contributed by atoms with Crippen LogP contribution in [0.3, 0.4) is 0 Å². The Morgan fingerprint density at radius 2 is 1.94 bits per heavy atom. The Balaban J connectivity index is 3.09. The number of aryl methyl sites for hydroxylation is 1. The fraction of sp³-hybridized carbons (Fsp3) is 0.636. The molecule has 1 heterocycles. The van der Waals surface area contributed by atoms with Crippen molar-refractivity contribution in [3.8, 4) is 0 Å². The van der Waals surface area contributed by atoms with E-state index in [2.05, 4.69) is 9.97 Å². The van der Waals surface area contributed by atoms with E-state index in [1.165, 1.54) is 6.07 Å². The van der Waals surface area contributed by atoms with Gasteiger partial charge in [0.1, 0.15) is 24.0 Å². The molecule has 1 rings (SSSR count). The predicted molar refractivity (Wildman–Crippen MR) is 64.4 cm³/mol. The van der Waals surface area contributed by atoms with Crippen molar-refractivity contribution in [1.29, 1.82) is 0 Å². The van der Waals surface area contributed by atoms with Gasteiger partial charge in [-0.1, -0.05) is 6.92 Å². The smallest absolute Gasteiger partial charge is 0.384 e. The van der Waals surface area contributed by atoms with E-state index in [1.807, 2.05) is 6.92 Å². The molecule has 1 aromatic heterocycles. The van der Waals surface area contributed by atoms with Crippen molar-refractivity contribution >= 4 is 11.6 Å². The van der Waals surface area contributed by atoms with Gasteiger partial charge in [0.15, 0.2) is 0 Å². The largest absolute Gasteiger partial charge is 0.405 e. The molecule has 0 fully saturated rings. The highest BCUT2D eigenvalue weighted by atomic mass is 19.4. The number of aromatic nitrogens is 2. The van der Waals surface area contributed by atoms with Gasteiger partial charge in [-0.25, -0.2) is 9.97 Å². The molecule has 0 atom stereocenters. The van der Waals surface area contributed by atoms with Crippen LogP contribution in [0.15, 0.2) is 6.07 Å². The van der Waals surface area contributed by atoms with Crippen LogP contribution in [0.1, 0.15) is 26.6 Å². The first-order chi connectivity index (χ1) is 8.23. The maximum absolute atomic E-state index is 12.5. The van der Waals surface area contributed by atoms with Crippen LogP contribution in [0, 0.1) is 0 Å². The molecule has 0 aliphatic carbocycles. The summed E-state index contributed by atoms with van der Waals surface area (Å²) in [5, 5.41) is 0. The van der Waals surface area contributed by atoms with Gasteiger partial charge in [-0.2, -0.15) is 13.2 Å². The number of nitrogens with zero attached hydrogens (tertiary/aromatic N) is 3. The van der Waals surface area contributed by atoms with Gasteiger partial charge >= 0.3 is 6.18 Å². The van der Waals surface area contributed by atoms with Gasteiger partial charge in [0, 0.05) is 18.5 Å². The van der Waals surface area contributed by atoms with E-state index in [4.69, 9.17) is 5.73 Å². The van der Waals surface area contributed by atoms with Gasteiger partial charge in [0.2, 0.25) is 0 Å². The molecule has 0 spiro atoms. The van der Waals surface area contributed by atoms with Crippen LogP contribution >= 0.6 is 0 Å².